The van der Waals surface area contributed by atoms with Crippen LogP contribution < -0.4 is 5.32 Å². The van der Waals surface area contributed by atoms with Crippen molar-refractivity contribution in [2.45, 2.75) is 13.0 Å². The van der Waals surface area contributed by atoms with E-state index >= 15 is 0 Å². The number of hydrogen-bond donors (Lipinski definition) is 1. The quantitative estimate of drug-likeness (QED) is 0.598. The van der Waals surface area contributed by atoms with E-state index in [4.69, 9.17) is 9.15 Å². The second kappa shape index (κ2) is 5.26. The molecule has 0 spiro atoms. The molecule has 1 heterocycles. The molecule has 0 saturated heterocycles. The minimum absolute atomic E-state index is 0.0883. The maximum atomic E-state index is 11.5. The zero-order valence-electron chi connectivity index (χ0n) is 8.93. The Morgan fingerprint density at radius 1 is 1.69 bits per heavy atom. The third-order valence-electron chi connectivity index (χ3n) is 1.79. The molecule has 1 amide bonds. The fraction of sp³-hybridized carbons (Fsp3) is 0.444. The lowest BCUT2D eigenvalue weighted by Crippen LogP contribution is -2.35. The summed E-state index contributed by atoms with van der Waals surface area (Å²) in [5, 5.41) is 12.9. The number of nitro groups is 1. The largest absolute Gasteiger partial charge is 0.433 e. The van der Waals surface area contributed by atoms with Gasteiger partial charge in [0.2, 0.25) is 0 Å². The number of nitrogens with one attached hydrogen (secondary N) is 1. The van der Waals surface area contributed by atoms with Gasteiger partial charge in [-0.15, -0.1) is 0 Å². The molecule has 7 nitrogen and oxygen atoms in total. The van der Waals surface area contributed by atoms with E-state index < -0.39 is 16.7 Å². The van der Waals surface area contributed by atoms with E-state index in [0.717, 1.165) is 6.07 Å². The third-order valence-corrected chi connectivity index (χ3v) is 1.79. The van der Waals surface area contributed by atoms with Gasteiger partial charge in [-0.1, -0.05) is 0 Å². The molecule has 0 fully saturated rings. The number of carbonyl (C=O) groups excluding carboxylic acids is 1. The zero-order valence-corrected chi connectivity index (χ0v) is 8.93. The number of nitrogens with zero attached hydrogens (tertiary/aromatic N) is 1. The summed E-state index contributed by atoms with van der Waals surface area (Å²) in [6, 6.07) is 2.20. The Labute approximate surface area is 91.5 Å². The molecule has 88 valence electrons. The first-order valence-corrected chi connectivity index (χ1v) is 4.58. The first kappa shape index (κ1) is 12.2. The Kier molecular flexibility index (Phi) is 4.01. The number of hydrogen-bond acceptors (Lipinski definition) is 5. The van der Waals surface area contributed by atoms with Crippen molar-refractivity contribution in [3.63, 3.8) is 0 Å². The van der Waals surface area contributed by atoms with Crippen molar-refractivity contribution < 1.29 is 18.9 Å². The van der Waals surface area contributed by atoms with E-state index in [9.17, 15) is 14.9 Å². The molecule has 7 heteroatoms. The summed E-state index contributed by atoms with van der Waals surface area (Å²) in [5.41, 5.74) is 0. The highest BCUT2D eigenvalue weighted by Crippen LogP contribution is 2.15. The predicted molar refractivity (Wildman–Crippen MR) is 54.2 cm³/mol. The van der Waals surface area contributed by atoms with Crippen molar-refractivity contribution in [1.82, 2.24) is 5.32 Å². The van der Waals surface area contributed by atoms with Crippen molar-refractivity contribution in [3.05, 3.63) is 28.0 Å². The molecule has 0 aliphatic carbocycles. The van der Waals surface area contributed by atoms with Crippen LogP contribution >= 0.6 is 0 Å². The van der Waals surface area contributed by atoms with Gasteiger partial charge in [-0.25, -0.2) is 0 Å². The molecule has 16 heavy (non-hydrogen) atoms. The molecule has 0 radical (unpaired) electrons. The normalized spacial score (nSPS) is 12.1. The number of amides is 1. The van der Waals surface area contributed by atoms with Crippen molar-refractivity contribution >= 4 is 11.8 Å². The molecule has 1 aromatic rings. The lowest BCUT2D eigenvalue weighted by molar-refractivity contribution is -0.402. The first-order valence-electron chi connectivity index (χ1n) is 4.58. The van der Waals surface area contributed by atoms with Gasteiger partial charge in [0, 0.05) is 13.2 Å². The fourth-order valence-electron chi connectivity index (χ4n) is 1.13. The van der Waals surface area contributed by atoms with Gasteiger partial charge in [-0.05, 0) is 13.0 Å². The van der Waals surface area contributed by atoms with Crippen molar-refractivity contribution in [1.29, 1.82) is 0 Å². The molecule has 0 saturated carbocycles. The van der Waals surface area contributed by atoms with Crippen LogP contribution in [0.25, 0.3) is 0 Å². The molecule has 0 aliphatic rings. The fourth-order valence-corrected chi connectivity index (χ4v) is 1.13. The Morgan fingerprint density at radius 2 is 2.38 bits per heavy atom. The van der Waals surface area contributed by atoms with Crippen molar-refractivity contribution in [2.24, 2.45) is 0 Å². The molecular formula is C9H12N2O5. The second-order valence-electron chi connectivity index (χ2n) is 3.22. The van der Waals surface area contributed by atoms with Crippen molar-refractivity contribution in [2.75, 3.05) is 13.7 Å². The monoisotopic (exact) mass is 228 g/mol. The number of ether oxygens (including phenoxy) is 1. The van der Waals surface area contributed by atoms with E-state index in [1.165, 1.54) is 13.2 Å². The first-order chi connectivity index (χ1) is 7.54. The van der Waals surface area contributed by atoms with Crippen LogP contribution in [0.3, 0.4) is 0 Å². The smallest absolute Gasteiger partial charge is 0.395 e. The number of carbonyl (C=O) groups is 1. The Morgan fingerprint density at radius 3 is 2.88 bits per heavy atom. The van der Waals surface area contributed by atoms with E-state index in [1.807, 2.05) is 0 Å². The van der Waals surface area contributed by atoms with Gasteiger partial charge in [0.25, 0.3) is 5.91 Å². The molecule has 1 N–H and O–H groups in total. The van der Waals surface area contributed by atoms with E-state index in [0.29, 0.717) is 6.61 Å². The van der Waals surface area contributed by atoms with Crippen LogP contribution in [-0.4, -0.2) is 30.6 Å². The third kappa shape index (κ3) is 3.06. The van der Waals surface area contributed by atoms with Crippen LogP contribution in [-0.2, 0) is 4.74 Å². The summed E-state index contributed by atoms with van der Waals surface area (Å²) in [6.45, 7) is 2.10. The van der Waals surface area contributed by atoms with Gasteiger partial charge < -0.3 is 14.5 Å². The van der Waals surface area contributed by atoms with Crippen LogP contribution in [0, 0.1) is 10.1 Å². The molecule has 0 bridgehead atoms. The van der Waals surface area contributed by atoms with Gasteiger partial charge in [0.05, 0.1) is 12.7 Å². The predicted octanol–water partition coefficient (Wildman–Crippen LogP) is 0.952. The highest BCUT2D eigenvalue weighted by Gasteiger charge is 2.18. The summed E-state index contributed by atoms with van der Waals surface area (Å²) in [6.07, 6.45) is 0. The summed E-state index contributed by atoms with van der Waals surface area (Å²) in [4.78, 5) is 21.1. The van der Waals surface area contributed by atoms with Crippen LogP contribution in [0.5, 0.6) is 0 Å². The highest BCUT2D eigenvalue weighted by atomic mass is 16.6. The van der Waals surface area contributed by atoms with Crippen LogP contribution in [0.1, 0.15) is 17.5 Å². The highest BCUT2D eigenvalue weighted by molar-refractivity contribution is 5.91. The standard InChI is InChI=1S/C9H12N2O5/c1-6(5-15-2)10-9(12)7-3-4-8(16-7)11(13)14/h3-4,6H,5H2,1-2H3,(H,10,12)/t6-/m1/s1. The van der Waals surface area contributed by atoms with Gasteiger partial charge in [0.15, 0.2) is 5.76 Å². The van der Waals surface area contributed by atoms with E-state index in [1.54, 1.807) is 6.92 Å². The average molecular weight is 228 g/mol. The van der Waals surface area contributed by atoms with Crippen LogP contribution in [0.2, 0.25) is 0 Å². The van der Waals surface area contributed by atoms with Gasteiger partial charge in [-0.3, -0.25) is 14.9 Å². The number of rotatable bonds is 5. The molecule has 0 aliphatic heterocycles. The maximum Gasteiger partial charge on any atom is 0.433 e. The summed E-state index contributed by atoms with van der Waals surface area (Å²) in [7, 11) is 1.51. The van der Waals surface area contributed by atoms with Gasteiger partial charge in [-0.2, -0.15) is 0 Å². The van der Waals surface area contributed by atoms with Crippen LogP contribution in [0.4, 0.5) is 5.88 Å². The number of furan rings is 1. The molecular weight excluding hydrogens is 216 g/mol. The van der Waals surface area contributed by atoms with Crippen molar-refractivity contribution in [3.8, 4) is 0 Å². The minimum atomic E-state index is -0.699. The summed E-state index contributed by atoms with van der Waals surface area (Å²) >= 11 is 0. The molecule has 1 atom stereocenters. The van der Waals surface area contributed by atoms with E-state index in [-0.39, 0.29) is 11.8 Å². The molecule has 1 rings (SSSR count). The topological polar surface area (TPSA) is 94.6 Å². The second-order valence-corrected chi connectivity index (χ2v) is 3.22. The lowest BCUT2D eigenvalue weighted by atomic mass is 10.3. The molecule has 0 unspecified atom stereocenters. The van der Waals surface area contributed by atoms with Crippen LogP contribution in [0.15, 0.2) is 16.5 Å². The lowest BCUT2D eigenvalue weighted by Gasteiger charge is -2.10. The maximum absolute atomic E-state index is 11.5. The zero-order chi connectivity index (χ0) is 12.1. The average Bonchev–Trinajstić information content (AvgIpc) is 2.66. The Hall–Kier alpha value is -1.89. The number of methoxy groups -OCH3 is 1. The minimum Gasteiger partial charge on any atom is -0.395 e. The molecule has 0 aromatic carbocycles. The van der Waals surface area contributed by atoms with Gasteiger partial charge >= 0.3 is 5.88 Å². The summed E-state index contributed by atoms with van der Waals surface area (Å²) in [5.74, 6) is -1.04. The SMILES string of the molecule is COC[C@@H](C)NC(=O)c1ccc([N+](=O)[O-])o1. The summed E-state index contributed by atoms with van der Waals surface area (Å²) < 4.78 is 9.56. The van der Waals surface area contributed by atoms with Gasteiger partial charge in [0.1, 0.15) is 4.92 Å². The molecule has 1 aromatic heterocycles. The Balaban J connectivity index is 2.62. The van der Waals surface area contributed by atoms with E-state index in [2.05, 4.69) is 5.32 Å². The Bertz CT molecular complexity index is 387.